The third-order valence-electron chi connectivity index (χ3n) is 4.78. The van der Waals surface area contributed by atoms with Crippen LogP contribution in [0.2, 0.25) is 0 Å². The molecule has 0 saturated carbocycles. The normalized spacial score (nSPS) is 21.6. The van der Waals surface area contributed by atoms with Crippen molar-refractivity contribution in [2.45, 2.75) is 24.4 Å². The molecule has 0 saturated heterocycles. The van der Waals surface area contributed by atoms with Gasteiger partial charge in [-0.1, -0.05) is 72.8 Å². The smallest absolute Gasteiger partial charge is 1.00 e. The molecule has 0 heterocycles. The van der Waals surface area contributed by atoms with E-state index in [-0.39, 0.29) is 37.1 Å². The molecule has 23 heavy (non-hydrogen) atoms. The quantitative estimate of drug-likeness (QED) is 0.776. The van der Waals surface area contributed by atoms with Crippen molar-refractivity contribution >= 4 is 22.6 Å². The molecule has 0 fully saturated rings. The fourth-order valence-electron chi connectivity index (χ4n) is 3.65. The topological polar surface area (TPSA) is 9.23 Å². The van der Waals surface area contributed by atoms with Crippen LogP contribution in [-0.4, -0.2) is 16.6 Å². The standard InChI is InChI=1S/C20H17OSi.Na.H/c22-21-20(19-12-11-15-6-2-4-8-18(15)19)13-16-10-9-14-5-1-3-7-17(14)16;;/h1-12,16,19-20H,13H2;;/q;+1;-1. The van der Waals surface area contributed by atoms with Crippen molar-refractivity contribution in [1.29, 1.82) is 0 Å². The summed E-state index contributed by atoms with van der Waals surface area (Å²) < 4.78 is 5.69. The summed E-state index contributed by atoms with van der Waals surface area (Å²) in [4.78, 5) is 0. The van der Waals surface area contributed by atoms with Crippen molar-refractivity contribution in [1.82, 2.24) is 0 Å². The summed E-state index contributed by atoms with van der Waals surface area (Å²) in [5.41, 5.74) is 5.42. The van der Waals surface area contributed by atoms with Gasteiger partial charge in [-0.05, 0) is 28.7 Å². The van der Waals surface area contributed by atoms with Gasteiger partial charge in [-0.15, -0.1) is 0 Å². The Morgan fingerprint density at radius 3 is 2.26 bits per heavy atom. The van der Waals surface area contributed by atoms with Gasteiger partial charge in [-0.3, -0.25) is 0 Å². The molecular weight excluding hydrogens is 307 g/mol. The van der Waals surface area contributed by atoms with Crippen LogP contribution in [0.3, 0.4) is 0 Å². The van der Waals surface area contributed by atoms with Gasteiger partial charge >= 0.3 is 29.6 Å². The third kappa shape index (κ3) is 3.19. The first-order chi connectivity index (χ1) is 10.9. The zero-order valence-electron chi connectivity index (χ0n) is 14.3. The van der Waals surface area contributed by atoms with Gasteiger partial charge in [0, 0.05) is 11.8 Å². The Morgan fingerprint density at radius 1 is 0.913 bits per heavy atom. The van der Waals surface area contributed by atoms with Crippen molar-refractivity contribution < 1.29 is 35.4 Å². The van der Waals surface area contributed by atoms with Gasteiger partial charge in [0.1, 0.15) is 0 Å². The Kier molecular flexibility index (Phi) is 5.40. The molecule has 2 aliphatic carbocycles. The Hall–Kier alpha value is -0.903. The summed E-state index contributed by atoms with van der Waals surface area (Å²) >= 11 is 0. The minimum atomic E-state index is 0. The predicted molar refractivity (Wildman–Crippen MR) is 92.8 cm³/mol. The van der Waals surface area contributed by atoms with Crippen LogP contribution < -0.4 is 29.6 Å². The molecule has 3 atom stereocenters. The van der Waals surface area contributed by atoms with Gasteiger partial charge in [-0.2, -0.15) is 0 Å². The minimum Gasteiger partial charge on any atom is -1.00 e. The van der Waals surface area contributed by atoms with E-state index >= 15 is 0 Å². The number of hydrogen-bond acceptors (Lipinski definition) is 1. The van der Waals surface area contributed by atoms with Gasteiger partial charge in [0.2, 0.25) is 10.5 Å². The fourth-order valence-corrected chi connectivity index (χ4v) is 3.89. The van der Waals surface area contributed by atoms with Gasteiger partial charge in [0.25, 0.3) is 0 Å². The number of rotatable bonds is 4. The van der Waals surface area contributed by atoms with Crippen molar-refractivity contribution in [3.63, 3.8) is 0 Å². The molecule has 2 aliphatic rings. The maximum absolute atomic E-state index is 5.69. The third-order valence-corrected chi connectivity index (χ3v) is 5.08. The van der Waals surface area contributed by atoms with Crippen molar-refractivity contribution in [2.24, 2.45) is 0 Å². The molecule has 1 nitrogen and oxygen atoms in total. The largest absolute Gasteiger partial charge is 1.00 e. The summed E-state index contributed by atoms with van der Waals surface area (Å²) in [6.45, 7) is 0. The molecule has 3 unspecified atom stereocenters. The molecule has 2 aromatic carbocycles. The second-order valence-corrected chi connectivity index (χ2v) is 6.24. The molecule has 3 heteroatoms. The average molecular weight is 325 g/mol. The first-order valence-electron chi connectivity index (χ1n) is 7.73. The van der Waals surface area contributed by atoms with Gasteiger partial charge in [-0.25, -0.2) is 0 Å². The molecule has 0 bridgehead atoms. The summed E-state index contributed by atoms with van der Waals surface area (Å²) in [5, 5.41) is 0. The number of benzene rings is 2. The maximum Gasteiger partial charge on any atom is 1.00 e. The molecule has 3 radical (unpaired) electrons. The molecule has 4 rings (SSSR count). The summed E-state index contributed by atoms with van der Waals surface area (Å²) in [5.74, 6) is 0.744. The molecule has 2 aromatic rings. The van der Waals surface area contributed by atoms with Crippen LogP contribution in [0.4, 0.5) is 0 Å². The van der Waals surface area contributed by atoms with E-state index in [9.17, 15) is 0 Å². The molecule has 0 aliphatic heterocycles. The summed E-state index contributed by atoms with van der Waals surface area (Å²) in [6, 6.07) is 17.2. The predicted octanol–water partition coefficient (Wildman–Crippen LogP) is 1.58. The van der Waals surface area contributed by atoms with Crippen LogP contribution in [0, 0.1) is 0 Å². The zero-order chi connectivity index (χ0) is 14.9. The fraction of sp³-hybridized carbons (Fsp3) is 0.200. The first kappa shape index (κ1) is 16.9. The van der Waals surface area contributed by atoms with E-state index in [0.29, 0.717) is 11.8 Å². The van der Waals surface area contributed by atoms with Gasteiger partial charge in [0.15, 0.2) is 0 Å². The van der Waals surface area contributed by atoms with E-state index < -0.39 is 0 Å². The Labute approximate surface area is 164 Å². The Morgan fingerprint density at radius 2 is 1.52 bits per heavy atom. The number of allylic oxidation sites excluding steroid dienone is 1. The number of fused-ring (bicyclic) bond motifs is 2. The van der Waals surface area contributed by atoms with Crippen LogP contribution >= 0.6 is 0 Å². The second-order valence-electron chi connectivity index (χ2n) is 6.00. The molecule has 109 valence electrons. The summed E-state index contributed by atoms with van der Waals surface area (Å²) in [7, 11) is 3.32. The van der Waals surface area contributed by atoms with E-state index in [1.807, 2.05) is 0 Å². The van der Waals surface area contributed by atoms with Crippen LogP contribution in [-0.2, 0) is 4.43 Å². The second kappa shape index (κ2) is 7.33. The van der Waals surface area contributed by atoms with Crippen LogP contribution in [0.1, 0.15) is 41.9 Å². The van der Waals surface area contributed by atoms with Crippen molar-refractivity contribution in [3.05, 3.63) is 82.9 Å². The van der Waals surface area contributed by atoms with Crippen LogP contribution in [0.25, 0.3) is 12.2 Å². The van der Waals surface area contributed by atoms with E-state index in [4.69, 9.17) is 4.43 Å². The molecular formula is C20H18NaOSi. The summed E-state index contributed by atoms with van der Waals surface area (Å²) in [6.07, 6.45) is 10.1. The number of hydrogen-bond donors (Lipinski definition) is 0. The maximum atomic E-state index is 5.69. The Balaban J connectivity index is 0.00000104. The molecule has 0 N–H and O–H groups in total. The van der Waals surface area contributed by atoms with Crippen LogP contribution in [0.15, 0.2) is 60.7 Å². The first-order valence-corrected chi connectivity index (χ1v) is 8.14. The molecule has 0 aromatic heterocycles. The SMILES string of the molecule is [H-].[Na+].[Si]OC(CC1C=Cc2ccccc21)C1C=Cc2ccccc21. The van der Waals surface area contributed by atoms with Gasteiger partial charge in [0.05, 0.1) is 6.10 Å². The molecule has 0 amide bonds. The minimum absolute atomic E-state index is 0. The van der Waals surface area contributed by atoms with E-state index in [2.05, 4.69) is 83.3 Å². The van der Waals surface area contributed by atoms with Gasteiger partial charge < -0.3 is 5.85 Å². The monoisotopic (exact) mass is 325 g/mol. The molecule has 0 spiro atoms. The van der Waals surface area contributed by atoms with Crippen molar-refractivity contribution in [3.8, 4) is 0 Å². The van der Waals surface area contributed by atoms with Crippen LogP contribution in [0.5, 0.6) is 0 Å². The Bertz CT molecular complexity index is 759. The van der Waals surface area contributed by atoms with E-state index in [0.717, 1.165) is 6.42 Å². The van der Waals surface area contributed by atoms with E-state index in [1.54, 1.807) is 0 Å². The average Bonchev–Trinajstić information content (AvgIpc) is 3.17. The van der Waals surface area contributed by atoms with Crippen molar-refractivity contribution in [2.75, 3.05) is 0 Å². The van der Waals surface area contributed by atoms with E-state index in [1.165, 1.54) is 22.3 Å². The zero-order valence-corrected chi connectivity index (χ0v) is 16.3.